The van der Waals surface area contributed by atoms with Gasteiger partial charge in [0.1, 0.15) is 0 Å². The third-order valence-corrected chi connectivity index (χ3v) is 3.04. The van der Waals surface area contributed by atoms with Crippen molar-refractivity contribution in [3.8, 4) is 0 Å². The topological polar surface area (TPSA) is 12.0 Å². The van der Waals surface area contributed by atoms with E-state index < -0.39 is 0 Å². The first-order chi connectivity index (χ1) is 6.92. The summed E-state index contributed by atoms with van der Waals surface area (Å²) in [5, 5.41) is 3.42. The molecule has 76 valence electrons. The molecule has 0 aromatic heterocycles. The normalized spacial score (nSPS) is 14.4. The van der Waals surface area contributed by atoms with Gasteiger partial charge in [0, 0.05) is 13.1 Å². The van der Waals surface area contributed by atoms with Crippen LogP contribution >= 0.6 is 0 Å². The average Bonchev–Trinajstić information content (AvgIpc) is 2.67. The van der Waals surface area contributed by atoms with E-state index in [9.17, 15) is 0 Å². The molecule has 2 rings (SSSR count). The monoisotopic (exact) mass is 189 g/mol. The van der Waals surface area contributed by atoms with Gasteiger partial charge in [-0.2, -0.15) is 0 Å². The van der Waals surface area contributed by atoms with Gasteiger partial charge in [0.05, 0.1) is 0 Å². The lowest BCUT2D eigenvalue weighted by Crippen LogP contribution is -2.01. The standard InChI is InChI=1S/C13H19N/c1-2-3-4-6-11-7-5-8-12-9-14-10-13(11)12/h5,7-8,14H,2-4,6,9-10H2,1H3. The summed E-state index contributed by atoms with van der Waals surface area (Å²) in [5.74, 6) is 0. The van der Waals surface area contributed by atoms with Crippen LogP contribution in [-0.2, 0) is 19.5 Å². The van der Waals surface area contributed by atoms with E-state index in [-0.39, 0.29) is 0 Å². The minimum Gasteiger partial charge on any atom is -0.309 e. The zero-order chi connectivity index (χ0) is 9.80. The first-order valence-electron chi connectivity index (χ1n) is 5.72. The molecule has 0 radical (unpaired) electrons. The lowest BCUT2D eigenvalue weighted by Gasteiger charge is -2.06. The van der Waals surface area contributed by atoms with E-state index in [1.54, 1.807) is 11.1 Å². The highest BCUT2D eigenvalue weighted by atomic mass is 14.9. The molecule has 0 spiro atoms. The molecule has 0 amide bonds. The Morgan fingerprint density at radius 3 is 3.00 bits per heavy atom. The van der Waals surface area contributed by atoms with Crippen LogP contribution in [0.15, 0.2) is 18.2 Å². The Bertz CT molecular complexity index is 304. The molecule has 0 atom stereocenters. The maximum atomic E-state index is 3.42. The van der Waals surface area contributed by atoms with Crippen LogP contribution in [0.2, 0.25) is 0 Å². The summed E-state index contributed by atoms with van der Waals surface area (Å²) >= 11 is 0. The van der Waals surface area contributed by atoms with Crippen molar-refractivity contribution in [1.29, 1.82) is 0 Å². The SMILES string of the molecule is CCCCCc1cccc2c1CNC2. The van der Waals surface area contributed by atoms with Crippen LogP contribution in [0.25, 0.3) is 0 Å². The fourth-order valence-corrected chi connectivity index (χ4v) is 2.20. The minimum absolute atomic E-state index is 1.07. The molecule has 0 saturated heterocycles. The van der Waals surface area contributed by atoms with E-state index in [4.69, 9.17) is 0 Å². The Morgan fingerprint density at radius 1 is 1.21 bits per heavy atom. The first-order valence-corrected chi connectivity index (χ1v) is 5.72. The molecule has 1 heteroatoms. The maximum absolute atomic E-state index is 3.42. The quantitative estimate of drug-likeness (QED) is 0.718. The number of aryl methyl sites for hydroxylation is 1. The van der Waals surface area contributed by atoms with Gasteiger partial charge >= 0.3 is 0 Å². The minimum atomic E-state index is 1.07. The molecule has 1 heterocycles. The molecular weight excluding hydrogens is 170 g/mol. The third-order valence-electron chi connectivity index (χ3n) is 3.04. The Morgan fingerprint density at radius 2 is 2.14 bits per heavy atom. The van der Waals surface area contributed by atoms with Crippen molar-refractivity contribution < 1.29 is 0 Å². The van der Waals surface area contributed by atoms with Gasteiger partial charge in [-0.15, -0.1) is 0 Å². The lowest BCUT2D eigenvalue weighted by atomic mass is 9.99. The second-order valence-electron chi connectivity index (χ2n) is 4.12. The first kappa shape index (κ1) is 9.72. The molecule has 0 aliphatic carbocycles. The molecule has 1 aromatic rings. The number of unbranched alkanes of at least 4 members (excludes halogenated alkanes) is 2. The van der Waals surface area contributed by atoms with E-state index in [1.807, 2.05) is 0 Å². The Hall–Kier alpha value is -0.820. The highest BCUT2D eigenvalue weighted by Crippen LogP contribution is 2.21. The van der Waals surface area contributed by atoms with Crippen molar-refractivity contribution in [2.75, 3.05) is 0 Å². The summed E-state index contributed by atoms with van der Waals surface area (Å²) in [6, 6.07) is 6.74. The molecular formula is C13H19N. The number of rotatable bonds is 4. The van der Waals surface area contributed by atoms with Gasteiger partial charge in [-0.3, -0.25) is 0 Å². The Balaban J connectivity index is 2.06. The van der Waals surface area contributed by atoms with Gasteiger partial charge in [0.2, 0.25) is 0 Å². The fraction of sp³-hybridized carbons (Fsp3) is 0.538. The van der Waals surface area contributed by atoms with Crippen LogP contribution in [0.4, 0.5) is 0 Å². The summed E-state index contributed by atoms with van der Waals surface area (Å²) in [6.07, 6.45) is 5.27. The van der Waals surface area contributed by atoms with Crippen molar-refractivity contribution in [2.45, 2.75) is 45.7 Å². The van der Waals surface area contributed by atoms with Gasteiger partial charge in [-0.05, 0) is 29.5 Å². The summed E-state index contributed by atoms with van der Waals surface area (Å²) in [7, 11) is 0. The Labute approximate surface area is 86.5 Å². The van der Waals surface area contributed by atoms with E-state index in [2.05, 4.69) is 30.4 Å². The zero-order valence-electron chi connectivity index (χ0n) is 8.97. The van der Waals surface area contributed by atoms with E-state index in [0.717, 1.165) is 13.1 Å². The molecule has 0 unspecified atom stereocenters. The molecule has 1 N–H and O–H groups in total. The van der Waals surface area contributed by atoms with Crippen molar-refractivity contribution in [2.24, 2.45) is 0 Å². The highest BCUT2D eigenvalue weighted by Gasteiger charge is 2.12. The van der Waals surface area contributed by atoms with Gasteiger partial charge in [-0.25, -0.2) is 0 Å². The molecule has 0 saturated carbocycles. The summed E-state index contributed by atoms with van der Waals surface area (Å²) in [5.41, 5.74) is 4.66. The van der Waals surface area contributed by atoms with E-state index in [0.29, 0.717) is 0 Å². The molecule has 1 nitrogen and oxygen atoms in total. The number of nitrogens with one attached hydrogen (secondary N) is 1. The molecule has 1 aliphatic heterocycles. The van der Waals surface area contributed by atoms with Crippen molar-refractivity contribution in [3.05, 3.63) is 34.9 Å². The smallest absolute Gasteiger partial charge is 0.0214 e. The van der Waals surface area contributed by atoms with Crippen LogP contribution in [0, 0.1) is 0 Å². The van der Waals surface area contributed by atoms with E-state index in [1.165, 1.54) is 31.2 Å². The third kappa shape index (κ3) is 1.98. The predicted molar refractivity (Wildman–Crippen MR) is 60.2 cm³/mol. The summed E-state index contributed by atoms with van der Waals surface area (Å²) < 4.78 is 0. The number of benzene rings is 1. The average molecular weight is 189 g/mol. The largest absolute Gasteiger partial charge is 0.309 e. The second-order valence-corrected chi connectivity index (χ2v) is 4.12. The van der Waals surface area contributed by atoms with Crippen molar-refractivity contribution in [1.82, 2.24) is 5.32 Å². The Kier molecular flexibility index (Phi) is 3.20. The van der Waals surface area contributed by atoms with Gasteiger partial charge in [0.15, 0.2) is 0 Å². The highest BCUT2D eigenvalue weighted by molar-refractivity contribution is 5.37. The summed E-state index contributed by atoms with van der Waals surface area (Å²) in [4.78, 5) is 0. The van der Waals surface area contributed by atoms with E-state index >= 15 is 0 Å². The van der Waals surface area contributed by atoms with Crippen LogP contribution in [0.3, 0.4) is 0 Å². The van der Waals surface area contributed by atoms with Crippen LogP contribution < -0.4 is 5.32 Å². The number of hydrogen-bond acceptors (Lipinski definition) is 1. The molecule has 0 fully saturated rings. The maximum Gasteiger partial charge on any atom is 0.0214 e. The molecule has 1 aromatic carbocycles. The fourth-order valence-electron chi connectivity index (χ4n) is 2.20. The van der Waals surface area contributed by atoms with Gasteiger partial charge in [0.25, 0.3) is 0 Å². The number of hydrogen-bond donors (Lipinski definition) is 1. The predicted octanol–water partition coefficient (Wildman–Crippen LogP) is 3.02. The van der Waals surface area contributed by atoms with Crippen LogP contribution in [0.5, 0.6) is 0 Å². The second kappa shape index (κ2) is 4.61. The lowest BCUT2D eigenvalue weighted by molar-refractivity contribution is 0.709. The van der Waals surface area contributed by atoms with Crippen LogP contribution in [0.1, 0.15) is 42.9 Å². The molecule has 1 aliphatic rings. The van der Waals surface area contributed by atoms with Crippen molar-refractivity contribution in [3.63, 3.8) is 0 Å². The van der Waals surface area contributed by atoms with Gasteiger partial charge in [-0.1, -0.05) is 38.0 Å². The van der Waals surface area contributed by atoms with Crippen molar-refractivity contribution >= 4 is 0 Å². The van der Waals surface area contributed by atoms with Crippen LogP contribution in [-0.4, -0.2) is 0 Å². The van der Waals surface area contributed by atoms with Gasteiger partial charge < -0.3 is 5.32 Å². The number of fused-ring (bicyclic) bond motifs is 1. The zero-order valence-corrected chi connectivity index (χ0v) is 8.97. The summed E-state index contributed by atoms with van der Waals surface area (Å²) in [6.45, 7) is 4.41. The molecule has 0 bridgehead atoms. The molecule has 14 heavy (non-hydrogen) atoms.